The fourth-order valence-electron chi connectivity index (χ4n) is 3.47. The second-order valence-electron chi connectivity index (χ2n) is 7.39. The molecule has 0 spiro atoms. The van der Waals surface area contributed by atoms with E-state index in [4.69, 9.17) is 16.2 Å². The Morgan fingerprint density at radius 2 is 1.79 bits per heavy atom. The van der Waals surface area contributed by atoms with Crippen LogP contribution in [0, 0.1) is 11.8 Å². The Balaban J connectivity index is 1.39. The molecule has 1 fully saturated rings. The van der Waals surface area contributed by atoms with Crippen LogP contribution in [0.25, 0.3) is 0 Å². The summed E-state index contributed by atoms with van der Waals surface area (Å²) in [5.74, 6) is 6.32. The molecule has 0 saturated carbocycles. The minimum Gasteiger partial charge on any atom is -0.382 e. The number of hydrogen-bond acceptors (Lipinski definition) is 7. The Kier molecular flexibility index (Phi) is 6.87. The molecule has 0 radical (unpaired) electrons. The minimum atomic E-state index is -0.304. The maximum Gasteiger partial charge on any atom is 0.319 e. The third-order valence-corrected chi connectivity index (χ3v) is 5.14. The van der Waals surface area contributed by atoms with E-state index in [1.54, 1.807) is 12.1 Å². The number of nitrogens with two attached hydrogens (primary N) is 2. The van der Waals surface area contributed by atoms with Crippen molar-refractivity contribution >= 4 is 29.0 Å². The van der Waals surface area contributed by atoms with Crippen LogP contribution in [0.15, 0.2) is 54.9 Å². The number of aromatic nitrogens is 2. The van der Waals surface area contributed by atoms with Gasteiger partial charge in [-0.3, -0.25) is 0 Å². The zero-order chi connectivity index (χ0) is 23.0. The highest BCUT2D eigenvalue weighted by atomic mass is 16.5. The molecule has 1 aliphatic heterocycles. The van der Waals surface area contributed by atoms with Crippen molar-refractivity contribution < 1.29 is 9.53 Å². The second-order valence-corrected chi connectivity index (χ2v) is 7.39. The molecule has 33 heavy (non-hydrogen) atoms. The molecule has 1 saturated heterocycles. The fraction of sp³-hybridized carbons (Fsp3) is 0.208. The molecule has 0 atom stereocenters. The number of morpholine rings is 1. The van der Waals surface area contributed by atoms with Crippen molar-refractivity contribution in [3.63, 3.8) is 0 Å². The van der Waals surface area contributed by atoms with Crippen LogP contribution in [-0.4, -0.2) is 42.3 Å². The average Bonchev–Trinajstić information content (AvgIpc) is 2.83. The summed E-state index contributed by atoms with van der Waals surface area (Å²) in [6, 6.07) is 15.0. The van der Waals surface area contributed by atoms with Gasteiger partial charge in [0.15, 0.2) is 0 Å². The molecule has 9 heteroatoms. The molecule has 2 heterocycles. The largest absolute Gasteiger partial charge is 0.382 e. The number of benzene rings is 2. The summed E-state index contributed by atoms with van der Waals surface area (Å²) in [7, 11) is 0. The highest BCUT2D eigenvalue weighted by molar-refractivity contribution is 5.89. The van der Waals surface area contributed by atoms with E-state index in [1.807, 2.05) is 30.3 Å². The summed E-state index contributed by atoms with van der Waals surface area (Å²) in [6.07, 6.45) is 1.29. The SMILES string of the molecule is Nc1ncnc(N)c1C#Cc1cccc(NC(=O)NCc2ccccc2N2CCOCC2)c1. The highest BCUT2D eigenvalue weighted by Gasteiger charge is 2.14. The van der Waals surface area contributed by atoms with E-state index in [-0.39, 0.29) is 17.7 Å². The van der Waals surface area contributed by atoms with Crippen molar-refractivity contribution in [3.8, 4) is 11.8 Å². The maximum atomic E-state index is 12.5. The lowest BCUT2D eigenvalue weighted by atomic mass is 10.1. The van der Waals surface area contributed by atoms with E-state index in [2.05, 4.69) is 43.4 Å². The average molecular weight is 444 g/mol. The number of para-hydroxylation sites is 1. The third-order valence-electron chi connectivity index (χ3n) is 5.14. The van der Waals surface area contributed by atoms with Crippen LogP contribution in [0.3, 0.4) is 0 Å². The van der Waals surface area contributed by atoms with E-state index >= 15 is 0 Å². The van der Waals surface area contributed by atoms with Crippen molar-refractivity contribution in [1.29, 1.82) is 0 Å². The summed E-state index contributed by atoms with van der Waals surface area (Å²) in [5.41, 5.74) is 15.5. The molecular formula is C24H25N7O2. The summed E-state index contributed by atoms with van der Waals surface area (Å²) in [4.78, 5) is 22.6. The lowest BCUT2D eigenvalue weighted by Crippen LogP contribution is -2.37. The van der Waals surface area contributed by atoms with E-state index in [0.717, 1.165) is 24.3 Å². The van der Waals surface area contributed by atoms with E-state index in [9.17, 15) is 4.79 Å². The van der Waals surface area contributed by atoms with Gasteiger partial charge in [0.25, 0.3) is 0 Å². The van der Waals surface area contributed by atoms with Gasteiger partial charge in [-0.05, 0) is 29.8 Å². The molecule has 2 amide bonds. The zero-order valence-electron chi connectivity index (χ0n) is 18.0. The normalized spacial score (nSPS) is 13.0. The summed E-state index contributed by atoms with van der Waals surface area (Å²) < 4.78 is 5.44. The first kappa shape index (κ1) is 21.9. The van der Waals surface area contributed by atoms with Gasteiger partial charge < -0.3 is 31.7 Å². The smallest absolute Gasteiger partial charge is 0.319 e. The first-order chi connectivity index (χ1) is 16.1. The van der Waals surface area contributed by atoms with Gasteiger partial charge in [0.2, 0.25) is 0 Å². The predicted octanol–water partition coefficient (Wildman–Crippen LogP) is 2.20. The zero-order valence-corrected chi connectivity index (χ0v) is 18.0. The number of urea groups is 1. The number of nitrogens with one attached hydrogen (secondary N) is 2. The first-order valence-electron chi connectivity index (χ1n) is 10.5. The Labute approximate surface area is 192 Å². The van der Waals surface area contributed by atoms with Crippen molar-refractivity contribution in [2.24, 2.45) is 0 Å². The van der Waals surface area contributed by atoms with Gasteiger partial charge in [0.05, 0.1) is 13.2 Å². The van der Waals surface area contributed by atoms with Crippen LogP contribution in [0.1, 0.15) is 16.7 Å². The van der Waals surface area contributed by atoms with Gasteiger partial charge in [-0.2, -0.15) is 0 Å². The molecular weight excluding hydrogens is 418 g/mol. The molecule has 168 valence electrons. The second kappa shape index (κ2) is 10.3. The Morgan fingerprint density at radius 3 is 2.58 bits per heavy atom. The molecule has 1 aromatic heterocycles. The van der Waals surface area contributed by atoms with Crippen LogP contribution >= 0.6 is 0 Å². The molecule has 0 bridgehead atoms. The van der Waals surface area contributed by atoms with Gasteiger partial charge in [-0.1, -0.05) is 36.1 Å². The molecule has 4 rings (SSSR count). The fourth-order valence-corrected chi connectivity index (χ4v) is 3.47. The molecule has 2 aromatic carbocycles. The maximum absolute atomic E-state index is 12.5. The molecule has 0 aliphatic carbocycles. The van der Waals surface area contributed by atoms with Gasteiger partial charge in [-0.25, -0.2) is 14.8 Å². The monoisotopic (exact) mass is 443 g/mol. The highest BCUT2D eigenvalue weighted by Crippen LogP contribution is 2.21. The van der Waals surface area contributed by atoms with E-state index in [1.165, 1.54) is 6.33 Å². The number of carbonyl (C=O) groups is 1. The number of hydrogen-bond donors (Lipinski definition) is 4. The molecule has 0 unspecified atom stereocenters. The van der Waals surface area contributed by atoms with Crippen molar-refractivity contribution in [2.75, 3.05) is 48.0 Å². The molecule has 6 N–H and O–H groups in total. The van der Waals surface area contributed by atoms with Crippen molar-refractivity contribution in [2.45, 2.75) is 6.54 Å². The van der Waals surface area contributed by atoms with Crippen LogP contribution in [-0.2, 0) is 11.3 Å². The number of ether oxygens (including phenoxy) is 1. The first-order valence-corrected chi connectivity index (χ1v) is 10.5. The number of anilines is 4. The Morgan fingerprint density at radius 1 is 1.03 bits per heavy atom. The summed E-state index contributed by atoms with van der Waals surface area (Å²) >= 11 is 0. The summed E-state index contributed by atoms with van der Waals surface area (Å²) in [6.45, 7) is 3.49. The number of rotatable bonds is 4. The van der Waals surface area contributed by atoms with Crippen LogP contribution in [0.4, 0.5) is 27.8 Å². The summed E-state index contributed by atoms with van der Waals surface area (Å²) in [5, 5.41) is 5.77. The van der Waals surface area contributed by atoms with Crippen LogP contribution in [0.2, 0.25) is 0 Å². The van der Waals surface area contributed by atoms with Gasteiger partial charge in [0.1, 0.15) is 23.5 Å². The topological polar surface area (TPSA) is 131 Å². The minimum absolute atomic E-state index is 0.223. The van der Waals surface area contributed by atoms with Crippen LogP contribution in [0.5, 0.6) is 0 Å². The lowest BCUT2D eigenvalue weighted by molar-refractivity contribution is 0.122. The van der Waals surface area contributed by atoms with Gasteiger partial charge >= 0.3 is 6.03 Å². The quantitative estimate of drug-likeness (QED) is 0.455. The number of nitrogens with zero attached hydrogens (tertiary/aromatic N) is 3. The van der Waals surface area contributed by atoms with Crippen LogP contribution < -0.4 is 27.0 Å². The Hall–Kier alpha value is -4.29. The third kappa shape index (κ3) is 5.70. The number of amides is 2. The van der Waals surface area contributed by atoms with E-state index < -0.39 is 0 Å². The van der Waals surface area contributed by atoms with E-state index in [0.29, 0.717) is 36.6 Å². The molecule has 9 nitrogen and oxygen atoms in total. The Bertz CT molecular complexity index is 1180. The predicted molar refractivity (Wildman–Crippen MR) is 129 cm³/mol. The standard InChI is InChI=1S/C24H25N7O2/c25-22-20(23(26)29-16-28-22)9-8-17-4-3-6-19(14-17)30-24(32)27-15-18-5-1-2-7-21(18)31-10-12-33-13-11-31/h1-7,14,16H,10-13,15H2,(H2,27,30,32)(H4,25,26,28,29). The molecule has 1 aliphatic rings. The molecule has 3 aromatic rings. The van der Waals surface area contributed by atoms with Crippen molar-refractivity contribution in [3.05, 3.63) is 71.5 Å². The van der Waals surface area contributed by atoms with Gasteiger partial charge in [-0.15, -0.1) is 0 Å². The van der Waals surface area contributed by atoms with Gasteiger partial charge in [0, 0.05) is 36.6 Å². The number of nitrogen functional groups attached to an aromatic ring is 2. The number of carbonyl (C=O) groups excluding carboxylic acids is 1. The lowest BCUT2D eigenvalue weighted by Gasteiger charge is -2.30. The van der Waals surface area contributed by atoms with Crippen molar-refractivity contribution in [1.82, 2.24) is 15.3 Å².